The van der Waals surface area contributed by atoms with Gasteiger partial charge in [0.25, 0.3) is 5.91 Å². The van der Waals surface area contributed by atoms with Gasteiger partial charge in [-0.15, -0.1) is 0 Å². The number of hydrogen-bond acceptors (Lipinski definition) is 3. The number of nitrogen functional groups attached to an aromatic ring is 1. The first-order valence-corrected chi connectivity index (χ1v) is 6.82. The van der Waals surface area contributed by atoms with Crippen molar-refractivity contribution < 1.29 is 9.59 Å². The summed E-state index contributed by atoms with van der Waals surface area (Å²) in [5, 5.41) is 3.01. The molecule has 0 spiro atoms. The van der Waals surface area contributed by atoms with Gasteiger partial charge in [-0.05, 0) is 31.5 Å². The zero-order valence-electron chi connectivity index (χ0n) is 11.6. The second-order valence-corrected chi connectivity index (χ2v) is 5.76. The van der Waals surface area contributed by atoms with Crippen LogP contribution in [0.2, 0.25) is 5.02 Å². The van der Waals surface area contributed by atoms with E-state index in [-0.39, 0.29) is 11.8 Å². The summed E-state index contributed by atoms with van der Waals surface area (Å²) < 4.78 is 0. The van der Waals surface area contributed by atoms with Gasteiger partial charge >= 0.3 is 0 Å². The molecule has 1 aliphatic heterocycles. The van der Waals surface area contributed by atoms with Crippen molar-refractivity contribution in [2.75, 3.05) is 25.9 Å². The Morgan fingerprint density at radius 2 is 2.15 bits per heavy atom. The van der Waals surface area contributed by atoms with Gasteiger partial charge in [-0.3, -0.25) is 9.59 Å². The fourth-order valence-corrected chi connectivity index (χ4v) is 2.64. The van der Waals surface area contributed by atoms with Crippen LogP contribution in [-0.4, -0.2) is 36.9 Å². The van der Waals surface area contributed by atoms with Crippen LogP contribution in [0.4, 0.5) is 5.69 Å². The zero-order chi connectivity index (χ0) is 14.9. The number of benzene rings is 1. The number of anilines is 1. The molecule has 1 aromatic carbocycles. The second kappa shape index (κ2) is 5.32. The molecule has 1 unspecified atom stereocenters. The smallest absolute Gasteiger partial charge is 0.253 e. The Kier molecular flexibility index (Phi) is 3.90. The van der Waals surface area contributed by atoms with Crippen LogP contribution in [0.1, 0.15) is 23.7 Å². The third kappa shape index (κ3) is 2.58. The molecule has 3 N–H and O–H groups in total. The third-order valence-corrected chi connectivity index (χ3v) is 4.11. The van der Waals surface area contributed by atoms with Gasteiger partial charge < -0.3 is 16.0 Å². The quantitative estimate of drug-likeness (QED) is 0.812. The topological polar surface area (TPSA) is 75.4 Å². The Morgan fingerprint density at radius 1 is 1.45 bits per heavy atom. The molecule has 2 rings (SSSR count). The highest BCUT2D eigenvalue weighted by molar-refractivity contribution is 6.33. The van der Waals surface area contributed by atoms with Gasteiger partial charge in [-0.2, -0.15) is 0 Å². The van der Waals surface area contributed by atoms with Gasteiger partial charge in [0.1, 0.15) is 0 Å². The van der Waals surface area contributed by atoms with E-state index in [4.69, 9.17) is 17.3 Å². The van der Waals surface area contributed by atoms with Crippen LogP contribution in [0.25, 0.3) is 0 Å². The molecule has 1 atom stereocenters. The number of nitrogens with two attached hydrogens (primary N) is 1. The Morgan fingerprint density at radius 3 is 2.75 bits per heavy atom. The van der Waals surface area contributed by atoms with Crippen molar-refractivity contribution in [1.29, 1.82) is 0 Å². The minimum atomic E-state index is -0.526. The van der Waals surface area contributed by atoms with Crippen LogP contribution in [0.5, 0.6) is 0 Å². The molecule has 0 aliphatic carbocycles. The summed E-state index contributed by atoms with van der Waals surface area (Å²) in [6.45, 7) is 2.84. The molecule has 6 heteroatoms. The summed E-state index contributed by atoms with van der Waals surface area (Å²) in [6.07, 6.45) is 0.654. The molecule has 0 radical (unpaired) electrons. The first-order chi connectivity index (χ1) is 9.37. The lowest BCUT2D eigenvalue weighted by Crippen LogP contribution is -2.40. The SMILES string of the molecule is CNC(=O)C1(C)CCN(C(=O)c2ccc(N)c(Cl)c2)C1. The number of amides is 2. The minimum absolute atomic E-state index is 0.0388. The van der Waals surface area contributed by atoms with Crippen molar-refractivity contribution in [3.05, 3.63) is 28.8 Å². The number of nitrogens with zero attached hydrogens (tertiary/aromatic N) is 1. The summed E-state index contributed by atoms with van der Waals surface area (Å²) in [5.41, 5.74) is 6.04. The molecular formula is C14H18ClN3O2. The van der Waals surface area contributed by atoms with Crippen LogP contribution >= 0.6 is 11.6 Å². The predicted octanol–water partition coefficient (Wildman–Crippen LogP) is 1.52. The van der Waals surface area contributed by atoms with E-state index in [1.165, 1.54) is 0 Å². The summed E-state index contributed by atoms with van der Waals surface area (Å²) in [6, 6.07) is 4.83. The highest BCUT2D eigenvalue weighted by atomic mass is 35.5. The maximum atomic E-state index is 12.4. The second-order valence-electron chi connectivity index (χ2n) is 5.35. The fraction of sp³-hybridized carbons (Fsp3) is 0.429. The number of nitrogens with one attached hydrogen (secondary N) is 1. The van der Waals surface area contributed by atoms with Crippen molar-refractivity contribution in [3.63, 3.8) is 0 Å². The molecule has 1 aliphatic rings. The van der Waals surface area contributed by atoms with E-state index < -0.39 is 5.41 Å². The number of rotatable bonds is 2. The largest absolute Gasteiger partial charge is 0.398 e. The Balaban J connectivity index is 2.15. The van der Waals surface area contributed by atoms with Gasteiger partial charge in [0.2, 0.25) is 5.91 Å². The van der Waals surface area contributed by atoms with Crippen LogP contribution in [-0.2, 0) is 4.79 Å². The van der Waals surface area contributed by atoms with Gasteiger partial charge in [0.05, 0.1) is 16.1 Å². The molecule has 5 nitrogen and oxygen atoms in total. The molecular weight excluding hydrogens is 278 g/mol. The molecule has 1 aromatic rings. The number of hydrogen-bond donors (Lipinski definition) is 2. The maximum absolute atomic E-state index is 12.4. The van der Waals surface area contributed by atoms with Gasteiger partial charge in [0, 0.05) is 25.7 Å². The van der Waals surface area contributed by atoms with Crippen molar-refractivity contribution in [2.45, 2.75) is 13.3 Å². The molecule has 1 saturated heterocycles. The van der Waals surface area contributed by atoms with E-state index in [1.54, 1.807) is 30.1 Å². The normalized spacial score (nSPS) is 21.9. The highest BCUT2D eigenvalue weighted by Gasteiger charge is 2.41. The van der Waals surface area contributed by atoms with E-state index in [2.05, 4.69) is 5.32 Å². The first-order valence-electron chi connectivity index (χ1n) is 6.44. The van der Waals surface area contributed by atoms with E-state index in [1.807, 2.05) is 6.92 Å². The summed E-state index contributed by atoms with van der Waals surface area (Å²) in [5.74, 6) is -0.164. The molecule has 108 valence electrons. The first kappa shape index (κ1) is 14.7. The van der Waals surface area contributed by atoms with E-state index >= 15 is 0 Å². The average Bonchev–Trinajstić information content (AvgIpc) is 2.84. The van der Waals surface area contributed by atoms with Crippen molar-refractivity contribution >= 4 is 29.1 Å². The standard InChI is InChI=1S/C14H18ClN3O2/c1-14(13(20)17-2)5-6-18(8-14)12(19)9-3-4-11(16)10(15)7-9/h3-4,7H,5-6,8,16H2,1-2H3,(H,17,20). The van der Waals surface area contributed by atoms with Crippen LogP contribution in [0, 0.1) is 5.41 Å². The maximum Gasteiger partial charge on any atom is 0.253 e. The van der Waals surface area contributed by atoms with Crippen LogP contribution < -0.4 is 11.1 Å². The Labute approximate surface area is 123 Å². The number of carbonyl (C=O) groups is 2. The minimum Gasteiger partial charge on any atom is -0.398 e. The molecule has 20 heavy (non-hydrogen) atoms. The van der Waals surface area contributed by atoms with Crippen molar-refractivity contribution in [1.82, 2.24) is 10.2 Å². The number of likely N-dealkylation sites (tertiary alicyclic amines) is 1. The number of carbonyl (C=O) groups excluding carboxylic acids is 2. The highest BCUT2D eigenvalue weighted by Crippen LogP contribution is 2.31. The molecule has 1 fully saturated rings. The van der Waals surface area contributed by atoms with Gasteiger partial charge in [-0.25, -0.2) is 0 Å². The third-order valence-electron chi connectivity index (χ3n) is 3.78. The van der Waals surface area contributed by atoms with E-state index in [0.717, 1.165) is 0 Å². The Hall–Kier alpha value is -1.75. The summed E-state index contributed by atoms with van der Waals surface area (Å²) in [7, 11) is 1.61. The van der Waals surface area contributed by atoms with E-state index in [9.17, 15) is 9.59 Å². The molecule has 2 amide bonds. The summed E-state index contributed by atoms with van der Waals surface area (Å²) >= 11 is 5.93. The van der Waals surface area contributed by atoms with E-state index in [0.29, 0.717) is 35.8 Å². The molecule has 0 aromatic heterocycles. The van der Waals surface area contributed by atoms with Gasteiger partial charge in [0.15, 0.2) is 0 Å². The van der Waals surface area contributed by atoms with Crippen LogP contribution in [0.15, 0.2) is 18.2 Å². The average molecular weight is 296 g/mol. The van der Waals surface area contributed by atoms with Crippen LogP contribution in [0.3, 0.4) is 0 Å². The van der Waals surface area contributed by atoms with Gasteiger partial charge in [-0.1, -0.05) is 11.6 Å². The molecule has 1 heterocycles. The fourth-order valence-electron chi connectivity index (χ4n) is 2.46. The lowest BCUT2D eigenvalue weighted by molar-refractivity contribution is -0.128. The molecule has 0 saturated carbocycles. The number of halogens is 1. The lowest BCUT2D eigenvalue weighted by atomic mass is 9.89. The van der Waals surface area contributed by atoms with Crippen molar-refractivity contribution in [3.8, 4) is 0 Å². The lowest BCUT2D eigenvalue weighted by Gasteiger charge is -2.22. The monoisotopic (exact) mass is 295 g/mol. The Bertz CT molecular complexity index is 561. The summed E-state index contributed by atoms with van der Waals surface area (Å²) in [4.78, 5) is 25.9. The predicted molar refractivity (Wildman–Crippen MR) is 78.6 cm³/mol. The van der Waals surface area contributed by atoms with Crippen molar-refractivity contribution in [2.24, 2.45) is 5.41 Å². The zero-order valence-corrected chi connectivity index (χ0v) is 12.3. The molecule has 0 bridgehead atoms.